The highest BCUT2D eigenvalue weighted by molar-refractivity contribution is 5.96. The molecule has 0 saturated carbocycles. The number of nitrogens with zero attached hydrogens (tertiary/aromatic N) is 12. The van der Waals surface area contributed by atoms with Crippen molar-refractivity contribution in [2.45, 2.75) is 32.0 Å². The second-order valence-electron chi connectivity index (χ2n) is 11.3. The third-order valence-corrected chi connectivity index (χ3v) is 8.62. The molecule has 238 valence electrons. The minimum Gasteiger partial charge on any atom is -0.383 e. The number of hydrogen-bond donors (Lipinski definition) is 0. The van der Waals surface area contributed by atoms with Crippen molar-refractivity contribution in [3.05, 3.63) is 12.2 Å². The third kappa shape index (κ3) is 6.19. The summed E-state index contributed by atoms with van der Waals surface area (Å²) < 4.78 is 18.4. The molecule has 44 heavy (non-hydrogen) atoms. The number of aromatic nitrogens is 7. The first-order valence-electron chi connectivity index (χ1n) is 15.2. The molecule has 0 bridgehead atoms. The molecular formula is C28H42N12O4. The predicted octanol–water partition coefficient (Wildman–Crippen LogP) is 0.0243. The minimum atomic E-state index is 0.0340. The summed E-state index contributed by atoms with van der Waals surface area (Å²) in [5.41, 5.74) is 1.29. The Bertz CT molecular complexity index is 1440. The molecule has 3 aliphatic heterocycles. The van der Waals surface area contributed by atoms with Gasteiger partial charge in [0.2, 0.25) is 17.8 Å². The number of fused-ring (bicyclic) bond motifs is 2. The van der Waals surface area contributed by atoms with Gasteiger partial charge in [-0.3, -0.25) is 4.79 Å². The van der Waals surface area contributed by atoms with Gasteiger partial charge < -0.3 is 38.7 Å². The first kappa shape index (κ1) is 30.1. The van der Waals surface area contributed by atoms with Gasteiger partial charge in [-0.15, -0.1) is 0 Å². The van der Waals surface area contributed by atoms with Gasteiger partial charge in [-0.05, 0) is 12.8 Å². The summed E-state index contributed by atoms with van der Waals surface area (Å²) in [5.74, 6) is 3.41. The molecule has 0 aliphatic carbocycles. The summed E-state index contributed by atoms with van der Waals surface area (Å²) in [5, 5.41) is 4.33. The zero-order chi connectivity index (χ0) is 30.6. The Morgan fingerprint density at radius 1 is 0.818 bits per heavy atom. The molecule has 6 heterocycles. The fourth-order valence-corrected chi connectivity index (χ4v) is 5.88. The molecule has 3 aliphatic rings. The second-order valence-corrected chi connectivity index (χ2v) is 11.3. The Balaban J connectivity index is 1.51. The van der Waals surface area contributed by atoms with Gasteiger partial charge in [0.05, 0.1) is 39.0 Å². The van der Waals surface area contributed by atoms with Gasteiger partial charge in [0, 0.05) is 74.2 Å². The highest BCUT2D eigenvalue weighted by atomic mass is 16.5. The van der Waals surface area contributed by atoms with Crippen molar-refractivity contribution in [3.63, 3.8) is 0 Å². The molecule has 16 heteroatoms. The lowest BCUT2D eigenvalue weighted by Crippen LogP contribution is -2.49. The van der Waals surface area contributed by atoms with Gasteiger partial charge in [-0.25, -0.2) is 19.6 Å². The molecule has 1 amide bonds. The molecule has 0 spiro atoms. The number of ether oxygens (including phenoxy) is 3. The van der Waals surface area contributed by atoms with Crippen molar-refractivity contribution in [1.82, 2.24) is 39.6 Å². The summed E-state index contributed by atoms with van der Waals surface area (Å²) in [4.78, 5) is 48.1. The van der Waals surface area contributed by atoms with Crippen LogP contribution in [0.25, 0.3) is 11.0 Å². The van der Waals surface area contributed by atoms with Gasteiger partial charge in [0.1, 0.15) is 23.2 Å². The van der Waals surface area contributed by atoms with E-state index in [9.17, 15) is 4.79 Å². The summed E-state index contributed by atoms with van der Waals surface area (Å²) in [6, 6.07) is 0. The zero-order valence-electron chi connectivity index (χ0n) is 26.1. The Kier molecular flexibility index (Phi) is 9.18. The molecule has 0 unspecified atom stereocenters. The summed E-state index contributed by atoms with van der Waals surface area (Å²) in [6.07, 6.45) is 3.57. The number of carbonyl (C=O) groups excluding carboxylic acids is 1. The summed E-state index contributed by atoms with van der Waals surface area (Å²) in [6.45, 7) is 7.05. The average molecular weight is 611 g/mol. The Labute approximate surface area is 256 Å². The van der Waals surface area contributed by atoms with Crippen LogP contribution in [0.1, 0.15) is 18.7 Å². The van der Waals surface area contributed by atoms with Crippen LogP contribution < -0.4 is 19.6 Å². The van der Waals surface area contributed by atoms with E-state index in [1.165, 1.54) is 0 Å². The van der Waals surface area contributed by atoms with Crippen LogP contribution in [0.2, 0.25) is 0 Å². The molecule has 2 saturated heterocycles. The highest BCUT2D eigenvalue weighted by Crippen LogP contribution is 2.35. The van der Waals surface area contributed by atoms with Crippen LogP contribution in [0.4, 0.5) is 23.5 Å². The number of amides is 1. The van der Waals surface area contributed by atoms with E-state index in [1.807, 2.05) is 16.6 Å². The molecule has 3 aromatic heterocycles. The van der Waals surface area contributed by atoms with Crippen LogP contribution in [0.15, 0.2) is 6.33 Å². The Hall–Kier alpha value is -3.89. The van der Waals surface area contributed by atoms with Crippen LogP contribution in [-0.4, -0.2) is 146 Å². The van der Waals surface area contributed by atoms with Crippen LogP contribution in [-0.2, 0) is 32.1 Å². The van der Waals surface area contributed by atoms with E-state index in [0.29, 0.717) is 87.8 Å². The Morgan fingerprint density at radius 3 is 2.23 bits per heavy atom. The first-order valence-corrected chi connectivity index (χ1v) is 15.2. The molecule has 2 fully saturated rings. The predicted molar refractivity (Wildman–Crippen MR) is 164 cm³/mol. The van der Waals surface area contributed by atoms with E-state index in [1.54, 1.807) is 32.6 Å². The average Bonchev–Trinajstić information content (AvgIpc) is 3.53. The standard InChI is InChI=1S/C28H42N12O4/c1-35-9-10-38(18-22(35)41)26-24-23(31-27(34-26)37(13-15-42-2)14-16-43-3)25(36-7-5-20(44-4)6-8-36)33-28(32-24)39-11-12-40-21(17-39)29-19-30-40/h19-20H,5-18H2,1-4H3. The third-order valence-electron chi connectivity index (χ3n) is 8.62. The van der Waals surface area contributed by atoms with E-state index in [0.717, 1.165) is 37.6 Å². The molecular weight excluding hydrogens is 568 g/mol. The number of anilines is 4. The van der Waals surface area contributed by atoms with E-state index < -0.39 is 0 Å². The Morgan fingerprint density at radius 2 is 1.52 bits per heavy atom. The van der Waals surface area contributed by atoms with Gasteiger partial charge >= 0.3 is 0 Å². The van der Waals surface area contributed by atoms with E-state index in [2.05, 4.69) is 24.8 Å². The molecule has 3 aromatic rings. The van der Waals surface area contributed by atoms with Crippen molar-refractivity contribution < 1.29 is 19.0 Å². The second kappa shape index (κ2) is 13.4. The number of methoxy groups -OCH3 is 3. The van der Waals surface area contributed by atoms with Gasteiger partial charge in [-0.2, -0.15) is 15.1 Å². The maximum atomic E-state index is 12.9. The SMILES string of the molecule is COCCN(CCOC)c1nc(N2CCN(C)C(=O)C2)c2nc(N3CCn4ncnc4C3)nc(N3CCC(OC)CC3)c2n1. The molecule has 0 N–H and O–H groups in total. The van der Waals surface area contributed by atoms with Crippen LogP contribution in [0.5, 0.6) is 0 Å². The van der Waals surface area contributed by atoms with Crippen molar-refractivity contribution in [3.8, 4) is 0 Å². The number of rotatable bonds is 11. The maximum Gasteiger partial charge on any atom is 0.241 e. The van der Waals surface area contributed by atoms with Crippen LogP contribution in [0.3, 0.4) is 0 Å². The van der Waals surface area contributed by atoms with Crippen molar-refractivity contribution >= 4 is 40.5 Å². The zero-order valence-corrected chi connectivity index (χ0v) is 26.1. The quantitative estimate of drug-likeness (QED) is 0.288. The summed E-state index contributed by atoms with van der Waals surface area (Å²) >= 11 is 0. The lowest BCUT2D eigenvalue weighted by molar-refractivity contribution is -0.129. The van der Waals surface area contributed by atoms with Gasteiger partial charge in [-0.1, -0.05) is 0 Å². The largest absolute Gasteiger partial charge is 0.383 e. The number of piperazine rings is 1. The molecule has 16 nitrogen and oxygen atoms in total. The van der Waals surface area contributed by atoms with E-state index in [-0.39, 0.29) is 18.6 Å². The summed E-state index contributed by atoms with van der Waals surface area (Å²) in [7, 11) is 6.96. The number of carbonyl (C=O) groups is 1. The fourth-order valence-electron chi connectivity index (χ4n) is 5.88. The lowest BCUT2D eigenvalue weighted by Gasteiger charge is -2.35. The molecule has 0 atom stereocenters. The molecule has 0 aromatic carbocycles. The van der Waals surface area contributed by atoms with Crippen molar-refractivity contribution in [2.24, 2.45) is 0 Å². The fraction of sp³-hybridized carbons (Fsp3) is 0.679. The number of likely N-dealkylation sites (N-methyl/N-ethyl adjacent to an activating group) is 1. The van der Waals surface area contributed by atoms with Gasteiger partial charge in [0.15, 0.2) is 11.6 Å². The smallest absolute Gasteiger partial charge is 0.241 e. The number of hydrogen-bond acceptors (Lipinski definition) is 14. The first-order chi connectivity index (χ1) is 21.5. The van der Waals surface area contributed by atoms with Crippen molar-refractivity contribution in [1.29, 1.82) is 0 Å². The number of piperidine rings is 1. The topological polar surface area (TPSA) is 143 Å². The van der Waals surface area contributed by atoms with Crippen LogP contribution >= 0.6 is 0 Å². The van der Waals surface area contributed by atoms with E-state index in [4.69, 9.17) is 34.1 Å². The molecule has 6 rings (SSSR count). The normalized spacial score (nSPS) is 18.0. The van der Waals surface area contributed by atoms with Crippen LogP contribution in [0, 0.1) is 0 Å². The van der Waals surface area contributed by atoms with E-state index >= 15 is 0 Å². The van der Waals surface area contributed by atoms with Crippen molar-refractivity contribution in [2.75, 3.05) is 114 Å². The van der Waals surface area contributed by atoms with Gasteiger partial charge in [0.25, 0.3) is 0 Å². The lowest BCUT2D eigenvalue weighted by atomic mass is 10.1. The molecule has 0 radical (unpaired) electrons. The maximum absolute atomic E-state index is 12.9. The monoisotopic (exact) mass is 610 g/mol. The highest BCUT2D eigenvalue weighted by Gasteiger charge is 2.31. The minimum absolute atomic E-state index is 0.0340.